The number of aryl methyl sites for hydroxylation is 2. The molecule has 4 heteroatoms. The van der Waals surface area contributed by atoms with Gasteiger partial charge in [0, 0.05) is 6.42 Å². The minimum Gasteiger partial charge on any atom is -0.504 e. The summed E-state index contributed by atoms with van der Waals surface area (Å²) in [5.41, 5.74) is 2.26. The van der Waals surface area contributed by atoms with E-state index in [9.17, 15) is 5.11 Å². The molecule has 0 saturated carbocycles. The van der Waals surface area contributed by atoms with E-state index in [4.69, 9.17) is 14.2 Å². The number of fused-ring (bicyclic) bond motifs is 3. The van der Waals surface area contributed by atoms with Crippen LogP contribution >= 0.6 is 0 Å². The van der Waals surface area contributed by atoms with Crippen molar-refractivity contribution in [2.45, 2.75) is 86.5 Å². The molecule has 0 aromatic heterocycles. The van der Waals surface area contributed by atoms with Crippen molar-refractivity contribution in [1.82, 2.24) is 0 Å². The predicted octanol–water partition coefficient (Wildman–Crippen LogP) is 7.46. The van der Waals surface area contributed by atoms with Gasteiger partial charge < -0.3 is 19.3 Å². The molecule has 1 N–H and O–H groups in total. The van der Waals surface area contributed by atoms with Gasteiger partial charge in [0.05, 0.1) is 12.2 Å². The van der Waals surface area contributed by atoms with E-state index in [1.807, 2.05) is 39.8 Å². The molecular weight excluding hydrogens is 388 g/mol. The number of rotatable bonds is 3. The maximum atomic E-state index is 10.5. The number of phenolic OH excluding ortho intramolecular Hbond substituents is 1. The fourth-order valence-corrected chi connectivity index (χ4v) is 4.30. The minimum atomic E-state index is -0.00507. The lowest BCUT2D eigenvalue weighted by molar-refractivity contribution is 0.153. The van der Waals surface area contributed by atoms with Crippen molar-refractivity contribution in [2.24, 2.45) is 0 Å². The molecule has 2 unspecified atom stereocenters. The molecule has 3 aromatic rings. The number of ether oxygens (including phenoxy) is 3. The van der Waals surface area contributed by atoms with Gasteiger partial charge >= 0.3 is 0 Å². The lowest BCUT2D eigenvalue weighted by atomic mass is 9.92. The molecule has 1 aliphatic heterocycles. The van der Waals surface area contributed by atoms with Crippen LogP contribution in [0.4, 0.5) is 0 Å². The second kappa shape index (κ2) is 9.25. The third-order valence-corrected chi connectivity index (χ3v) is 5.83. The Labute approximate surface area is 186 Å². The van der Waals surface area contributed by atoms with Crippen LogP contribution in [0.3, 0.4) is 0 Å². The van der Waals surface area contributed by atoms with Gasteiger partial charge in [-0.2, -0.15) is 0 Å². The van der Waals surface area contributed by atoms with Crippen molar-refractivity contribution >= 4 is 21.5 Å². The summed E-state index contributed by atoms with van der Waals surface area (Å²) in [4.78, 5) is 0. The van der Waals surface area contributed by atoms with Crippen molar-refractivity contribution < 1.29 is 19.3 Å². The van der Waals surface area contributed by atoms with Crippen molar-refractivity contribution in [3.8, 4) is 23.0 Å². The SMILES string of the molecule is CC.CCC1CC(C)Oc2cc3c(C)c4cc(OC(C)C)c(O)cc4c(C)c3cc2O1. The fourth-order valence-electron chi connectivity index (χ4n) is 4.30. The molecule has 4 nitrogen and oxygen atoms in total. The Morgan fingerprint density at radius 3 is 2.00 bits per heavy atom. The van der Waals surface area contributed by atoms with E-state index >= 15 is 0 Å². The lowest BCUT2D eigenvalue weighted by Crippen LogP contribution is -2.21. The molecule has 0 fully saturated rings. The van der Waals surface area contributed by atoms with E-state index in [0.717, 1.165) is 57.0 Å². The Balaban J connectivity index is 0.00000132. The van der Waals surface area contributed by atoms with Gasteiger partial charge in [0.25, 0.3) is 0 Å². The number of phenols is 1. The van der Waals surface area contributed by atoms with Crippen molar-refractivity contribution in [3.05, 3.63) is 35.4 Å². The van der Waals surface area contributed by atoms with Gasteiger partial charge in [0.2, 0.25) is 0 Å². The first kappa shape index (κ1) is 23.1. The Morgan fingerprint density at radius 2 is 1.45 bits per heavy atom. The van der Waals surface area contributed by atoms with Crippen LogP contribution in [0.2, 0.25) is 0 Å². The van der Waals surface area contributed by atoms with Crippen LogP contribution in [0.5, 0.6) is 23.0 Å². The number of hydrogen-bond acceptors (Lipinski definition) is 4. The van der Waals surface area contributed by atoms with Crippen LogP contribution < -0.4 is 14.2 Å². The first-order valence-electron chi connectivity index (χ1n) is 11.5. The van der Waals surface area contributed by atoms with Crippen molar-refractivity contribution in [3.63, 3.8) is 0 Å². The van der Waals surface area contributed by atoms with E-state index in [1.54, 1.807) is 0 Å². The van der Waals surface area contributed by atoms with Crippen LogP contribution in [0, 0.1) is 13.8 Å². The quantitative estimate of drug-likeness (QED) is 0.443. The largest absolute Gasteiger partial charge is 0.504 e. The molecule has 0 spiro atoms. The fraction of sp³-hybridized carbons (Fsp3) is 0.481. The van der Waals surface area contributed by atoms with Gasteiger partial charge in [-0.15, -0.1) is 0 Å². The molecule has 31 heavy (non-hydrogen) atoms. The molecule has 0 saturated heterocycles. The highest BCUT2D eigenvalue weighted by atomic mass is 16.5. The zero-order valence-electron chi connectivity index (χ0n) is 20.1. The van der Waals surface area contributed by atoms with Crippen LogP contribution in [-0.2, 0) is 0 Å². The first-order chi connectivity index (χ1) is 14.8. The number of aromatic hydroxyl groups is 1. The summed E-state index contributed by atoms with van der Waals surface area (Å²) >= 11 is 0. The highest BCUT2D eigenvalue weighted by Crippen LogP contribution is 2.43. The predicted molar refractivity (Wildman–Crippen MR) is 129 cm³/mol. The third kappa shape index (κ3) is 4.39. The number of hydrogen-bond donors (Lipinski definition) is 1. The second-order valence-electron chi connectivity index (χ2n) is 8.44. The average molecular weight is 425 g/mol. The highest BCUT2D eigenvalue weighted by molar-refractivity contribution is 6.07. The molecule has 4 rings (SSSR count). The number of benzene rings is 3. The Hall–Kier alpha value is -2.62. The molecule has 0 amide bonds. The third-order valence-electron chi connectivity index (χ3n) is 5.83. The Morgan fingerprint density at radius 1 is 0.935 bits per heavy atom. The van der Waals surface area contributed by atoms with Crippen molar-refractivity contribution in [2.75, 3.05) is 0 Å². The van der Waals surface area contributed by atoms with E-state index in [2.05, 4.69) is 39.8 Å². The summed E-state index contributed by atoms with van der Waals surface area (Å²) in [5, 5.41) is 14.9. The molecule has 0 bridgehead atoms. The van der Waals surface area contributed by atoms with Gasteiger partial charge in [-0.3, -0.25) is 0 Å². The standard InChI is InChI=1S/C25H30O4.C2H6/c1-7-17-8-14(4)28-24-11-20-16(6)19-10-23(27-13(2)3)22(26)9-18(19)15(5)21(20)12-25(24)29-17;1-2/h9-14,17,26H,7-8H2,1-6H3;1-2H3. The maximum absolute atomic E-state index is 10.5. The smallest absolute Gasteiger partial charge is 0.162 e. The van der Waals surface area contributed by atoms with Crippen LogP contribution in [0.15, 0.2) is 24.3 Å². The summed E-state index contributed by atoms with van der Waals surface area (Å²) in [6.45, 7) is 16.4. The topological polar surface area (TPSA) is 47.9 Å². The summed E-state index contributed by atoms with van der Waals surface area (Å²) in [7, 11) is 0. The van der Waals surface area contributed by atoms with Gasteiger partial charge in [-0.25, -0.2) is 0 Å². The molecule has 3 aromatic carbocycles. The molecule has 1 aliphatic rings. The van der Waals surface area contributed by atoms with Crippen LogP contribution in [0.25, 0.3) is 21.5 Å². The normalized spacial score (nSPS) is 18.0. The van der Waals surface area contributed by atoms with E-state index < -0.39 is 0 Å². The highest BCUT2D eigenvalue weighted by Gasteiger charge is 2.24. The molecule has 1 heterocycles. The van der Waals surface area contributed by atoms with Gasteiger partial charge in [-0.1, -0.05) is 20.8 Å². The molecule has 2 atom stereocenters. The van der Waals surface area contributed by atoms with E-state index in [-0.39, 0.29) is 24.1 Å². The first-order valence-corrected chi connectivity index (χ1v) is 11.5. The Bertz CT molecular complexity index is 1080. The zero-order valence-corrected chi connectivity index (χ0v) is 20.1. The summed E-state index contributed by atoms with van der Waals surface area (Å²) in [6.07, 6.45) is 2.10. The summed E-state index contributed by atoms with van der Waals surface area (Å²) < 4.78 is 18.3. The van der Waals surface area contributed by atoms with Crippen LogP contribution in [-0.4, -0.2) is 23.4 Å². The maximum Gasteiger partial charge on any atom is 0.162 e. The monoisotopic (exact) mass is 424 g/mol. The van der Waals surface area contributed by atoms with Gasteiger partial charge in [0.15, 0.2) is 23.0 Å². The molecule has 0 aliphatic carbocycles. The Kier molecular flexibility index (Phi) is 6.88. The second-order valence-corrected chi connectivity index (χ2v) is 8.44. The molecular formula is C27H36O4. The summed E-state index contributed by atoms with van der Waals surface area (Å²) in [5.74, 6) is 2.30. The van der Waals surface area contributed by atoms with Crippen molar-refractivity contribution in [1.29, 1.82) is 0 Å². The lowest BCUT2D eigenvalue weighted by Gasteiger charge is -2.19. The minimum absolute atomic E-state index is 0.00507. The van der Waals surface area contributed by atoms with E-state index in [1.165, 1.54) is 0 Å². The van der Waals surface area contributed by atoms with E-state index in [0.29, 0.717) is 5.75 Å². The zero-order chi connectivity index (χ0) is 22.9. The van der Waals surface area contributed by atoms with Gasteiger partial charge in [0.1, 0.15) is 6.10 Å². The van der Waals surface area contributed by atoms with Gasteiger partial charge in [-0.05, 0) is 98.0 Å². The van der Waals surface area contributed by atoms with Crippen LogP contribution in [0.1, 0.15) is 65.5 Å². The molecule has 0 radical (unpaired) electrons. The summed E-state index contributed by atoms with van der Waals surface area (Å²) in [6, 6.07) is 7.97. The molecule has 168 valence electrons. The average Bonchev–Trinajstić information content (AvgIpc) is 2.90.